The molecule has 146 valence electrons. The Balaban J connectivity index is 1.55. The summed E-state index contributed by atoms with van der Waals surface area (Å²) in [4.78, 5) is 14.9. The molecule has 0 amide bonds. The molecule has 28 heavy (non-hydrogen) atoms. The van der Waals surface area contributed by atoms with Gasteiger partial charge in [-0.1, -0.05) is 36.4 Å². The average molecular weight is 377 g/mol. The molecule has 2 aromatic carbocycles. The van der Waals surface area contributed by atoms with Crippen molar-refractivity contribution in [2.45, 2.75) is 50.2 Å². The quantitative estimate of drug-likeness (QED) is 0.883. The third-order valence-electron chi connectivity index (χ3n) is 7.29. The van der Waals surface area contributed by atoms with Gasteiger partial charge in [0.25, 0.3) is 0 Å². The van der Waals surface area contributed by atoms with Gasteiger partial charge in [0.05, 0.1) is 0 Å². The Hall–Kier alpha value is -2.33. The topological polar surface area (TPSA) is 49.8 Å². The van der Waals surface area contributed by atoms with Crippen LogP contribution in [0.2, 0.25) is 0 Å². The summed E-state index contributed by atoms with van der Waals surface area (Å²) in [6, 6.07) is 14.5. The van der Waals surface area contributed by atoms with Crippen LogP contribution in [0.25, 0.3) is 0 Å². The molecule has 2 bridgehead atoms. The van der Waals surface area contributed by atoms with Crippen molar-refractivity contribution in [3.63, 3.8) is 0 Å². The number of phenols is 1. The molecule has 0 radical (unpaired) electrons. The first-order valence-electron chi connectivity index (χ1n) is 10.3. The van der Waals surface area contributed by atoms with E-state index < -0.39 is 0 Å². The Morgan fingerprint density at radius 3 is 2.86 bits per heavy atom. The summed E-state index contributed by atoms with van der Waals surface area (Å²) in [5, 5.41) is 11.3. The van der Waals surface area contributed by atoms with Crippen molar-refractivity contribution in [1.29, 1.82) is 0 Å². The molecular formula is C24H27NO3. The number of ketones is 1. The van der Waals surface area contributed by atoms with Gasteiger partial charge in [-0.25, -0.2) is 0 Å². The maximum Gasteiger partial charge on any atom is 0.161 e. The van der Waals surface area contributed by atoms with E-state index in [4.69, 9.17) is 4.74 Å². The zero-order valence-corrected chi connectivity index (χ0v) is 16.4. The van der Waals surface area contributed by atoms with E-state index in [1.165, 1.54) is 5.56 Å². The minimum Gasteiger partial charge on any atom is -0.504 e. The fourth-order valence-electron chi connectivity index (χ4n) is 5.96. The molecular weight excluding hydrogens is 350 g/mol. The van der Waals surface area contributed by atoms with Gasteiger partial charge >= 0.3 is 0 Å². The molecule has 0 spiro atoms. The fourth-order valence-corrected chi connectivity index (χ4v) is 5.96. The van der Waals surface area contributed by atoms with Crippen LogP contribution in [0.5, 0.6) is 11.5 Å². The molecule has 1 saturated carbocycles. The van der Waals surface area contributed by atoms with Gasteiger partial charge in [0.2, 0.25) is 0 Å². The molecule has 1 N–H and O–H groups in total. The van der Waals surface area contributed by atoms with Crippen LogP contribution in [0, 0.1) is 5.92 Å². The van der Waals surface area contributed by atoms with E-state index in [0.717, 1.165) is 36.9 Å². The molecule has 2 unspecified atom stereocenters. The molecule has 1 heterocycles. The normalized spacial score (nSPS) is 29.1. The number of phenolic OH excluding ortho intramolecular Hbond substituents is 1. The molecule has 2 aromatic rings. The Bertz CT molecular complexity index is 910. The number of hydrogen-bond acceptors (Lipinski definition) is 4. The summed E-state index contributed by atoms with van der Waals surface area (Å²) < 4.78 is 6.01. The van der Waals surface area contributed by atoms with Crippen LogP contribution in [0.15, 0.2) is 42.5 Å². The second-order valence-corrected chi connectivity index (χ2v) is 8.74. The van der Waals surface area contributed by atoms with E-state index in [9.17, 15) is 9.90 Å². The number of ether oxygens (including phenoxy) is 1. The van der Waals surface area contributed by atoms with Crippen LogP contribution in [0.3, 0.4) is 0 Å². The van der Waals surface area contributed by atoms with Crippen molar-refractivity contribution in [2.24, 2.45) is 5.92 Å². The number of nitrogens with zero attached hydrogens (tertiary/aromatic N) is 1. The summed E-state index contributed by atoms with van der Waals surface area (Å²) in [5.74, 6) is 1.57. The van der Waals surface area contributed by atoms with Crippen molar-refractivity contribution >= 4 is 5.78 Å². The summed E-state index contributed by atoms with van der Waals surface area (Å²) in [5.41, 5.74) is 3.03. The Morgan fingerprint density at radius 1 is 1.21 bits per heavy atom. The van der Waals surface area contributed by atoms with Crippen LogP contribution in [-0.4, -0.2) is 35.4 Å². The SMILES string of the molecule is CN1CC[C@@]23CC(=O)CCC2C1Cc1ccc(OCc2ccccc2)c(O)c13. The number of fused-ring (bicyclic) bond motifs is 1. The summed E-state index contributed by atoms with van der Waals surface area (Å²) in [6.07, 6.45) is 4.04. The zero-order chi connectivity index (χ0) is 19.3. The lowest BCUT2D eigenvalue weighted by molar-refractivity contribution is -0.126. The van der Waals surface area contributed by atoms with Crippen LogP contribution >= 0.6 is 0 Å². The number of hydrogen-bond donors (Lipinski definition) is 1. The Morgan fingerprint density at radius 2 is 2.04 bits per heavy atom. The lowest BCUT2D eigenvalue weighted by atomic mass is 9.52. The molecule has 3 aliphatic rings. The number of likely N-dealkylation sites (N-methyl/N-ethyl adjacent to an activating group) is 1. The molecule has 1 aliphatic heterocycles. The first kappa shape index (κ1) is 17.7. The smallest absolute Gasteiger partial charge is 0.161 e. The van der Waals surface area contributed by atoms with Gasteiger partial charge in [0.1, 0.15) is 12.4 Å². The van der Waals surface area contributed by atoms with Gasteiger partial charge in [-0.15, -0.1) is 0 Å². The van der Waals surface area contributed by atoms with Gasteiger partial charge in [-0.2, -0.15) is 0 Å². The molecule has 4 nitrogen and oxygen atoms in total. The third kappa shape index (κ3) is 2.66. The molecule has 3 atom stereocenters. The van der Waals surface area contributed by atoms with E-state index >= 15 is 0 Å². The number of rotatable bonds is 3. The number of aromatic hydroxyl groups is 1. The predicted octanol–water partition coefficient (Wildman–Crippen LogP) is 3.84. The summed E-state index contributed by atoms with van der Waals surface area (Å²) in [6.45, 7) is 1.40. The average Bonchev–Trinajstić information content (AvgIpc) is 2.70. The standard InChI is InChI=1S/C24H27NO3/c1-25-12-11-24-14-18(26)8-9-19(24)20(25)13-17-7-10-21(23(27)22(17)24)28-15-16-5-3-2-4-6-16/h2-7,10,19-20,27H,8-9,11-15H2,1H3/t19?,20?,24-/m1/s1. The van der Waals surface area contributed by atoms with Crippen molar-refractivity contribution < 1.29 is 14.6 Å². The highest BCUT2D eigenvalue weighted by Gasteiger charge is 2.56. The van der Waals surface area contributed by atoms with Crippen molar-refractivity contribution in [3.05, 3.63) is 59.2 Å². The maximum absolute atomic E-state index is 12.5. The minimum absolute atomic E-state index is 0.226. The van der Waals surface area contributed by atoms with Crippen molar-refractivity contribution in [1.82, 2.24) is 4.90 Å². The monoisotopic (exact) mass is 377 g/mol. The van der Waals surface area contributed by atoms with E-state index in [0.29, 0.717) is 42.9 Å². The third-order valence-corrected chi connectivity index (χ3v) is 7.29. The van der Waals surface area contributed by atoms with Gasteiger partial charge in [-0.3, -0.25) is 4.79 Å². The van der Waals surface area contributed by atoms with E-state index in [1.54, 1.807) is 0 Å². The molecule has 2 aliphatic carbocycles. The zero-order valence-electron chi connectivity index (χ0n) is 16.4. The Kier molecular flexibility index (Phi) is 4.20. The van der Waals surface area contributed by atoms with E-state index in [-0.39, 0.29) is 11.2 Å². The van der Waals surface area contributed by atoms with Crippen molar-refractivity contribution in [2.75, 3.05) is 13.6 Å². The van der Waals surface area contributed by atoms with Crippen LogP contribution < -0.4 is 4.74 Å². The van der Waals surface area contributed by atoms with E-state index in [2.05, 4.69) is 18.0 Å². The summed E-state index contributed by atoms with van der Waals surface area (Å²) in [7, 11) is 2.20. The lowest BCUT2D eigenvalue weighted by Crippen LogP contribution is -2.60. The number of carbonyl (C=O) groups is 1. The molecule has 5 rings (SSSR count). The number of Topliss-reactive ketones (excluding diaryl/α,β-unsaturated/α-hetero) is 1. The van der Waals surface area contributed by atoms with Crippen LogP contribution in [0.1, 0.15) is 42.4 Å². The molecule has 1 saturated heterocycles. The highest BCUT2D eigenvalue weighted by atomic mass is 16.5. The first-order valence-corrected chi connectivity index (χ1v) is 10.3. The fraction of sp³-hybridized carbons (Fsp3) is 0.458. The van der Waals surface area contributed by atoms with E-state index in [1.807, 2.05) is 36.4 Å². The van der Waals surface area contributed by atoms with Gasteiger partial charge in [0, 0.05) is 29.9 Å². The number of likely N-dealkylation sites (tertiary alicyclic amines) is 1. The molecule has 0 aromatic heterocycles. The highest BCUT2D eigenvalue weighted by molar-refractivity contribution is 5.82. The van der Waals surface area contributed by atoms with Crippen LogP contribution in [0.4, 0.5) is 0 Å². The Labute approximate surface area is 166 Å². The first-order chi connectivity index (χ1) is 13.6. The number of piperidine rings is 1. The second kappa shape index (κ2) is 6.63. The minimum atomic E-state index is -0.226. The van der Waals surface area contributed by atoms with Gasteiger partial charge in [0.15, 0.2) is 11.5 Å². The van der Waals surface area contributed by atoms with Crippen LogP contribution in [-0.2, 0) is 23.2 Å². The molecule has 4 heteroatoms. The number of benzene rings is 2. The lowest BCUT2D eigenvalue weighted by Gasteiger charge is -2.58. The number of carbonyl (C=O) groups excluding carboxylic acids is 1. The highest BCUT2D eigenvalue weighted by Crippen LogP contribution is 2.58. The predicted molar refractivity (Wildman–Crippen MR) is 108 cm³/mol. The van der Waals surface area contributed by atoms with Gasteiger partial charge in [-0.05, 0) is 56.0 Å². The maximum atomic E-state index is 12.5. The van der Waals surface area contributed by atoms with Crippen molar-refractivity contribution in [3.8, 4) is 11.5 Å². The molecule has 2 fully saturated rings. The van der Waals surface area contributed by atoms with Gasteiger partial charge < -0.3 is 14.7 Å². The second-order valence-electron chi connectivity index (χ2n) is 8.74. The largest absolute Gasteiger partial charge is 0.504 e. The summed E-state index contributed by atoms with van der Waals surface area (Å²) >= 11 is 0.